The molecule has 0 atom stereocenters. The normalized spacial score (nSPS) is 11.2. The fourth-order valence-corrected chi connectivity index (χ4v) is 3.70. The number of rotatable bonds is 5. The first-order valence-corrected chi connectivity index (χ1v) is 9.02. The Bertz CT molecular complexity index is 958. The molecule has 0 aliphatic rings. The zero-order chi connectivity index (χ0) is 18.0. The van der Waals surface area contributed by atoms with E-state index in [1.807, 2.05) is 30.3 Å². The molecule has 25 heavy (non-hydrogen) atoms. The maximum Gasteiger partial charge on any atom is 0.348 e. The minimum atomic E-state index is -0.397. The number of esters is 1. The number of carbonyl (C=O) groups is 1. The summed E-state index contributed by atoms with van der Waals surface area (Å²) in [5, 5.41) is 0.510. The van der Waals surface area contributed by atoms with E-state index >= 15 is 0 Å². The van der Waals surface area contributed by atoms with Crippen LogP contribution in [0.5, 0.6) is 0 Å². The number of hydrogen-bond donors (Lipinski definition) is 0. The van der Waals surface area contributed by atoms with Crippen LogP contribution in [0.25, 0.3) is 10.2 Å². The monoisotopic (exact) mass is 356 g/mol. The van der Waals surface area contributed by atoms with Gasteiger partial charge in [-0.05, 0) is 38.3 Å². The predicted octanol–water partition coefficient (Wildman–Crippen LogP) is 3.57. The molecule has 1 aromatic carbocycles. The van der Waals surface area contributed by atoms with Crippen LogP contribution >= 0.6 is 11.3 Å². The summed E-state index contributed by atoms with van der Waals surface area (Å²) in [4.78, 5) is 30.4. The Morgan fingerprint density at radius 3 is 2.68 bits per heavy atom. The topological polar surface area (TPSA) is 61.2 Å². The SMILES string of the molecule is Cc1c(C(=O)OC(C)C)sc2ncn(CCc3ccccc3)c(=O)c12. The van der Waals surface area contributed by atoms with Gasteiger partial charge in [-0.15, -0.1) is 11.3 Å². The van der Waals surface area contributed by atoms with Crippen LogP contribution in [0.2, 0.25) is 0 Å². The second-order valence-electron chi connectivity index (χ2n) is 6.17. The van der Waals surface area contributed by atoms with Gasteiger partial charge in [-0.3, -0.25) is 9.36 Å². The predicted molar refractivity (Wildman–Crippen MR) is 99.3 cm³/mol. The number of ether oxygens (including phenoxy) is 1. The first-order valence-electron chi connectivity index (χ1n) is 8.21. The van der Waals surface area contributed by atoms with E-state index in [1.54, 1.807) is 31.7 Å². The van der Waals surface area contributed by atoms with E-state index in [2.05, 4.69) is 4.98 Å². The summed E-state index contributed by atoms with van der Waals surface area (Å²) in [6.07, 6.45) is 2.10. The Labute approximate surface area is 149 Å². The number of aromatic nitrogens is 2. The van der Waals surface area contributed by atoms with E-state index in [0.29, 0.717) is 27.2 Å². The third-order valence-corrected chi connectivity index (χ3v) is 5.11. The molecule has 0 N–H and O–H groups in total. The maximum absolute atomic E-state index is 12.8. The van der Waals surface area contributed by atoms with Gasteiger partial charge >= 0.3 is 5.97 Å². The van der Waals surface area contributed by atoms with Crippen molar-refractivity contribution in [1.82, 2.24) is 9.55 Å². The minimum Gasteiger partial charge on any atom is -0.459 e. The van der Waals surface area contributed by atoms with Gasteiger partial charge < -0.3 is 4.74 Å². The lowest BCUT2D eigenvalue weighted by atomic mass is 10.1. The molecule has 130 valence electrons. The van der Waals surface area contributed by atoms with Gasteiger partial charge in [-0.1, -0.05) is 30.3 Å². The van der Waals surface area contributed by atoms with Crippen molar-refractivity contribution >= 4 is 27.5 Å². The Morgan fingerprint density at radius 1 is 1.28 bits per heavy atom. The van der Waals surface area contributed by atoms with Crippen LogP contribution in [-0.2, 0) is 17.7 Å². The van der Waals surface area contributed by atoms with Crippen molar-refractivity contribution in [2.45, 2.75) is 39.8 Å². The van der Waals surface area contributed by atoms with Crippen LogP contribution < -0.4 is 5.56 Å². The number of carbonyl (C=O) groups excluding carboxylic acids is 1. The average molecular weight is 356 g/mol. The zero-order valence-electron chi connectivity index (χ0n) is 14.5. The van der Waals surface area contributed by atoms with Gasteiger partial charge in [0.15, 0.2) is 0 Å². The molecule has 3 aromatic rings. The highest BCUT2D eigenvalue weighted by atomic mass is 32.1. The van der Waals surface area contributed by atoms with Crippen molar-refractivity contribution in [3.63, 3.8) is 0 Å². The molecule has 0 fully saturated rings. The van der Waals surface area contributed by atoms with Gasteiger partial charge in [0.05, 0.1) is 17.8 Å². The van der Waals surface area contributed by atoms with Gasteiger partial charge in [-0.2, -0.15) is 0 Å². The van der Waals surface area contributed by atoms with Crippen LogP contribution in [0.15, 0.2) is 41.5 Å². The van der Waals surface area contributed by atoms with Crippen molar-refractivity contribution in [3.8, 4) is 0 Å². The fraction of sp³-hybridized carbons (Fsp3) is 0.316. The summed E-state index contributed by atoms with van der Waals surface area (Å²) in [5.74, 6) is -0.397. The largest absolute Gasteiger partial charge is 0.459 e. The second kappa shape index (κ2) is 7.19. The van der Waals surface area contributed by atoms with Crippen molar-refractivity contribution < 1.29 is 9.53 Å². The lowest BCUT2D eigenvalue weighted by molar-refractivity contribution is 0.0383. The molecule has 0 spiro atoms. The summed E-state index contributed by atoms with van der Waals surface area (Å²) >= 11 is 1.21. The van der Waals surface area contributed by atoms with Crippen LogP contribution in [0, 0.1) is 6.92 Å². The maximum atomic E-state index is 12.8. The molecule has 0 unspecified atom stereocenters. The number of thiophene rings is 1. The molecule has 0 radical (unpaired) electrons. The molecule has 2 heterocycles. The molecule has 0 saturated heterocycles. The Morgan fingerprint density at radius 2 is 2.00 bits per heavy atom. The van der Waals surface area contributed by atoms with Crippen LogP contribution in [0.1, 0.15) is 34.6 Å². The van der Waals surface area contributed by atoms with E-state index < -0.39 is 5.97 Å². The molecule has 3 rings (SSSR count). The highest BCUT2D eigenvalue weighted by Crippen LogP contribution is 2.27. The Balaban J connectivity index is 1.93. The molecule has 5 nitrogen and oxygen atoms in total. The Kier molecular flexibility index (Phi) is 4.99. The van der Waals surface area contributed by atoms with Gasteiger partial charge in [0, 0.05) is 6.54 Å². The van der Waals surface area contributed by atoms with E-state index in [1.165, 1.54) is 11.3 Å². The molecule has 2 aromatic heterocycles. The highest BCUT2D eigenvalue weighted by Gasteiger charge is 2.21. The lowest BCUT2D eigenvalue weighted by Crippen LogP contribution is -2.21. The molecular weight excluding hydrogens is 336 g/mol. The van der Waals surface area contributed by atoms with Crippen LogP contribution in [-0.4, -0.2) is 21.6 Å². The summed E-state index contributed by atoms with van der Waals surface area (Å²) in [5.41, 5.74) is 1.70. The third-order valence-electron chi connectivity index (χ3n) is 3.93. The first kappa shape index (κ1) is 17.4. The average Bonchev–Trinajstić information content (AvgIpc) is 2.92. The van der Waals surface area contributed by atoms with Crippen molar-refractivity contribution in [2.24, 2.45) is 0 Å². The quantitative estimate of drug-likeness (QED) is 0.656. The number of hydrogen-bond acceptors (Lipinski definition) is 5. The minimum absolute atomic E-state index is 0.113. The van der Waals surface area contributed by atoms with Crippen LogP contribution in [0.3, 0.4) is 0 Å². The number of fused-ring (bicyclic) bond motifs is 1. The number of benzene rings is 1. The van der Waals surface area contributed by atoms with E-state index in [4.69, 9.17) is 4.74 Å². The number of aryl methyl sites for hydroxylation is 3. The third kappa shape index (κ3) is 3.64. The highest BCUT2D eigenvalue weighted by molar-refractivity contribution is 7.20. The molecule has 0 aliphatic carbocycles. The summed E-state index contributed by atoms with van der Waals surface area (Å²) in [7, 11) is 0. The van der Waals surface area contributed by atoms with E-state index in [9.17, 15) is 9.59 Å². The van der Waals surface area contributed by atoms with E-state index in [-0.39, 0.29) is 11.7 Å². The summed E-state index contributed by atoms with van der Waals surface area (Å²) in [6.45, 7) is 5.93. The standard InChI is InChI=1S/C19H20N2O3S/c1-12(2)24-19(23)16-13(3)15-17(25-16)20-11-21(18(15)22)10-9-14-7-5-4-6-8-14/h4-8,11-12H,9-10H2,1-3H3. The molecule has 0 bridgehead atoms. The fourth-order valence-electron chi connectivity index (χ4n) is 2.67. The lowest BCUT2D eigenvalue weighted by Gasteiger charge is -2.06. The Hall–Kier alpha value is -2.47. The van der Waals surface area contributed by atoms with Gasteiger partial charge in [0.25, 0.3) is 5.56 Å². The van der Waals surface area contributed by atoms with E-state index in [0.717, 1.165) is 12.0 Å². The molecule has 0 amide bonds. The molecule has 0 aliphatic heterocycles. The van der Waals surface area contributed by atoms with Crippen LogP contribution in [0.4, 0.5) is 0 Å². The van der Waals surface area contributed by atoms with Crippen molar-refractivity contribution in [3.05, 3.63) is 63.0 Å². The van der Waals surface area contributed by atoms with Crippen molar-refractivity contribution in [2.75, 3.05) is 0 Å². The first-order chi connectivity index (χ1) is 12.0. The van der Waals surface area contributed by atoms with Gasteiger partial charge in [0.2, 0.25) is 0 Å². The van der Waals surface area contributed by atoms with Gasteiger partial charge in [-0.25, -0.2) is 9.78 Å². The van der Waals surface area contributed by atoms with Crippen molar-refractivity contribution in [1.29, 1.82) is 0 Å². The summed E-state index contributed by atoms with van der Waals surface area (Å²) in [6, 6.07) is 10.00. The molecule has 0 saturated carbocycles. The molecular formula is C19H20N2O3S. The smallest absolute Gasteiger partial charge is 0.348 e. The second-order valence-corrected chi connectivity index (χ2v) is 7.17. The molecule has 6 heteroatoms. The summed E-state index contributed by atoms with van der Waals surface area (Å²) < 4.78 is 6.86. The van der Waals surface area contributed by atoms with Gasteiger partial charge in [0.1, 0.15) is 9.71 Å². The number of nitrogens with zero attached hydrogens (tertiary/aromatic N) is 2. The zero-order valence-corrected chi connectivity index (χ0v) is 15.3.